The van der Waals surface area contributed by atoms with Crippen LogP contribution in [0, 0.1) is 11.6 Å². The molecule has 2 nitrogen and oxygen atoms in total. The highest BCUT2D eigenvalue weighted by atomic mass is 19.1. The van der Waals surface area contributed by atoms with Gasteiger partial charge in [0.2, 0.25) is 0 Å². The first kappa shape index (κ1) is 14.2. The second kappa shape index (κ2) is 6.80. The first-order valence-electron chi connectivity index (χ1n) is 6.32. The zero-order valence-electron chi connectivity index (χ0n) is 10.8. The third-order valence-corrected chi connectivity index (χ3v) is 2.78. The number of rotatable bonds is 6. The van der Waals surface area contributed by atoms with Gasteiger partial charge in [0.25, 0.3) is 0 Å². The summed E-state index contributed by atoms with van der Waals surface area (Å²) in [5.41, 5.74) is 0.483. The molecule has 0 saturated carbocycles. The Labute approximate surface area is 116 Å². The van der Waals surface area contributed by atoms with Crippen LogP contribution in [-0.4, -0.2) is 12.4 Å². The van der Waals surface area contributed by atoms with E-state index in [1.54, 1.807) is 12.1 Å². The zero-order chi connectivity index (χ0) is 14.4. The monoisotopic (exact) mass is 276 g/mol. The van der Waals surface area contributed by atoms with E-state index in [1.165, 1.54) is 36.4 Å². The summed E-state index contributed by atoms with van der Waals surface area (Å²) in [5.74, 6) is -0.340. The molecule has 0 amide bonds. The number of carbonyl (C=O) groups is 1. The Bertz CT molecular complexity index is 579. The molecule has 0 aliphatic heterocycles. The second-order valence-corrected chi connectivity index (χ2v) is 4.34. The van der Waals surface area contributed by atoms with Crippen molar-refractivity contribution in [2.75, 3.05) is 6.61 Å². The lowest BCUT2D eigenvalue weighted by Gasteiger charge is -2.06. The van der Waals surface area contributed by atoms with Crippen molar-refractivity contribution in [3.8, 4) is 5.75 Å². The number of benzene rings is 2. The molecule has 4 heteroatoms. The smallest absolute Gasteiger partial charge is 0.163 e. The number of hydrogen-bond acceptors (Lipinski definition) is 2. The Hall–Kier alpha value is -2.23. The van der Waals surface area contributed by atoms with Crippen molar-refractivity contribution in [2.24, 2.45) is 0 Å². The molecule has 2 rings (SSSR count). The van der Waals surface area contributed by atoms with Crippen LogP contribution in [0.1, 0.15) is 23.2 Å². The molecule has 0 bridgehead atoms. The highest BCUT2D eigenvalue weighted by Gasteiger charge is 2.06. The number of ketones is 1. The number of ether oxygens (including phenoxy) is 1. The Morgan fingerprint density at radius 3 is 2.45 bits per heavy atom. The van der Waals surface area contributed by atoms with Crippen molar-refractivity contribution in [2.45, 2.75) is 12.8 Å². The van der Waals surface area contributed by atoms with Crippen LogP contribution in [0.3, 0.4) is 0 Å². The van der Waals surface area contributed by atoms with E-state index in [2.05, 4.69) is 0 Å². The molecule has 0 aliphatic rings. The Balaban J connectivity index is 1.76. The van der Waals surface area contributed by atoms with Gasteiger partial charge in [-0.1, -0.05) is 6.07 Å². The van der Waals surface area contributed by atoms with Crippen LogP contribution in [-0.2, 0) is 0 Å². The van der Waals surface area contributed by atoms with Gasteiger partial charge >= 0.3 is 0 Å². The van der Waals surface area contributed by atoms with Crippen LogP contribution in [0.15, 0.2) is 48.5 Å². The van der Waals surface area contributed by atoms with Gasteiger partial charge in [0.15, 0.2) is 5.78 Å². The summed E-state index contributed by atoms with van der Waals surface area (Å²) in [6.45, 7) is 0.330. The van der Waals surface area contributed by atoms with Gasteiger partial charge in [-0.3, -0.25) is 4.79 Å². The predicted octanol–water partition coefficient (Wildman–Crippen LogP) is 4.01. The molecule has 0 aliphatic carbocycles. The maximum atomic E-state index is 12.9. The fraction of sp³-hybridized carbons (Fsp3) is 0.188. The molecule has 0 saturated heterocycles. The minimum absolute atomic E-state index is 0.0622. The Morgan fingerprint density at radius 2 is 1.75 bits per heavy atom. The van der Waals surface area contributed by atoms with Crippen molar-refractivity contribution in [1.29, 1.82) is 0 Å². The lowest BCUT2D eigenvalue weighted by molar-refractivity contribution is 0.0973. The molecule has 2 aromatic carbocycles. The summed E-state index contributed by atoms with van der Waals surface area (Å²) in [4.78, 5) is 11.8. The summed E-state index contributed by atoms with van der Waals surface area (Å²) >= 11 is 0. The standard InChI is InChI=1S/C16H14F2O2/c17-13-8-6-12(7-9-13)16(19)5-2-10-20-15-4-1-3-14(18)11-15/h1,3-4,6-9,11H,2,5,10H2. The van der Waals surface area contributed by atoms with Crippen LogP contribution in [0.2, 0.25) is 0 Å². The summed E-state index contributed by atoms with van der Waals surface area (Å²) < 4.78 is 30.9. The number of hydrogen-bond donors (Lipinski definition) is 0. The van der Waals surface area contributed by atoms with Crippen molar-refractivity contribution >= 4 is 5.78 Å². The molecule has 0 aromatic heterocycles. The average Bonchev–Trinajstić information content (AvgIpc) is 2.44. The molecule has 20 heavy (non-hydrogen) atoms. The van der Waals surface area contributed by atoms with Crippen molar-refractivity contribution < 1.29 is 18.3 Å². The van der Waals surface area contributed by atoms with Gasteiger partial charge in [-0.25, -0.2) is 8.78 Å². The van der Waals surface area contributed by atoms with Gasteiger partial charge in [0, 0.05) is 18.1 Å². The molecule has 0 spiro atoms. The molecule has 2 aromatic rings. The molecular weight excluding hydrogens is 262 g/mol. The van der Waals surface area contributed by atoms with Crippen LogP contribution >= 0.6 is 0 Å². The van der Waals surface area contributed by atoms with E-state index in [0.717, 1.165) is 0 Å². The Kier molecular flexibility index (Phi) is 4.82. The van der Waals surface area contributed by atoms with Gasteiger partial charge in [0.05, 0.1) is 6.61 Å². The topological polar surface area (TPSA) is 26.3 Å². The maximum Gasteiger partial charge on any atom is 0.163 e. The number of Topliss-reactive ketones (excluding diaryl/α,β-unsaturated/α-hetero) is 1. The van der Waals surface area contributed by atoms with Gasteiger partial charge < -0.3 is 4.74 Å². The lowest BCUT2D eigenvalue weighted by atomic mass is 10.1. The summed E-state index contributed by atoms with van der Waals surface area (Å²) in [7, 11) is 0. The van der Waals surface area contributed by atoms with Crippen molar-refractivity contribution in [3.63, 3.8) is 0 Å². The van der Waals surface area contributed by atoms with Crippen LogP contribution in [0.25, 0.3) is 0 Å². The minimum atomic E-state index is -0.365. The first-order chi connectivity index (χ1) is 9.65. The van der Waals surface area contributed by atoms with Crippen LogP contribution in [0.4, 0.5) is 8.78 Å². The van der Waals surface area contributed by atoms with Crippen LogP contribution < -0.4 is 4.74 Å². The van der Waals surface area contributed by atoms with E-state index < -0.39 is 0 Å². The van der Waals surface area contributed by atoms with Gasteiger partial charge in [-0.2, -0.15) is 0 Å². The third kappa shape index (κ3) is 4.16. The van der Waals surface area contributed by atoms with Crippen molar-refractivity contribution in [1.82, 2.24) is 0 Å². The van der Waals surface area contributed by atoms with E-state index in [0.29, 0.717) is 30.8 Å². The molecule has 0 radical (unpaired) electrons. The fourth-order valence-electron chi connectivity index (χ4n) is 1.76. The molecule has 0 N–H and O–H groups in total. The molecule has 0 atom stereocenters. The van der Waals surface area contributed by atoms with Crippen LogP contribution in [0.5, 0.6) is 5.75 Å². The zero-order valence-corrected chi connectivity index (χ0v) is 10.8. The van der Waals surface area contributed by atoms with Gasteiger partial charge in [-0.05, 0) is 42.8 Å². The summed E-state index contributed by atoms with van der Waals surface area (Å²) in [6.07, 6.45) is 0.827. The van der Waals surface area contributed by atoms with E-state index in [9.17, 15) is 13.6 Å². The first-order valence-corrected chi connectivity index (χ1v) is 6.32. The van der Waals surface area contributed by atoms with E-state index >= 15 is 0 Å². The number of carbonyl (C=O) groups excluding carboxylic acids is 1. The summed E-state index contributed by atoms with van der Waals surface area (Å²) in [6, 6.07) is 11.3. The quantitative estimate of drug-likeness (QED) is 0.588. The third-order valence-electron chi connectivity index (χ3n) is 2.78. The van der Waals surface area contributed by atoms with Crippen molar-refractivity contribution in [3.05, 3.63) is 65.7 Å². The molecule has 104 valence electrons. The normalized spacial score (nSPS) is 10.3. The van der Waals surface area contributed by atoms with E-state index in [4.69, 9.17) is 4.74 Å². The highest BCUT2D eigenvalue weighted by Crippen LogP contribution is 2.13. The van der Waals surface area contributed by atoms with E-state index in [1.807, 2.05) is 0 Å². The molecule has 0 heterocycles. The average molecular weight is 276 g/mol. The minimum Gasteiger partial charge on any atom is -0.493 e. The maximum absolute atomic E-state index is 12.9. The van der Waals surface area contributed by atoms with Gasteiger partial charge in [0.1, 0.15) is 17.4 Å². The molecular formula is C16H14F2O2. The van der Waals surface area contributed by atoms with Gasteiger partial charge in [-0.15, -0.1) is 0 Å². The SMILES string of the molecule is O=C(CCCOc1cccc(F)c1)c1ccc(F)cc1. The predicted molar refractivity (Wildman–Crippen MR) is 71.9 cm³/mol. The second-order valence-electron chi connectivity index (χ2n) is 4.34. The fourth-order valence-corrected chi connectivity index (χ4v) is 1.76. The largest absolute Gasteiger partial charge is 0.493 e. The highest BCUT2D eigenvalue weighted by molar-refractivity contribution is 5.95. The lowest BCUT2D eigenvalue weighted by Crippen LogP contribution is -2.04. The molecule has 0 unspecified atom stereocenters. The molecule has 0 fully saturated rings. The Morgan fingerprint density at radius 1 is 1.00 bits per heavy atom. The number of halogens is 2. The van der Waals surface area contributed by atoms with E-state index in [-0.39, 0.29) is 17.4 Å². The summed E-state index contributed by atoms with van der Waals surface area (Å²) in [5, 5.41) is 0.